The van der Waals surface area contributed by atoms with E-state index in [1.165, 1.54) is 6.07 Å². The maximum Gasteiger partial charge on any atom is 0.220 e. The molecule has 1 aliphatic heterocycles. The molecule has 1 atom stereocenters. The molecule has 1 N–H and O–H groups in total. The summed E-state index contributed by atoms with van der Waals surface area (Å²) >= 11 is 0. The summed E-state index contributed by atoms with van der Waals surface area (Å²) in [5.41, 5.74) is 0.820. The molecule has 1 saturated heterocycles. The number of nitrogens with zero attached hydrogens (tertiary/aromatic N) is 3. The van der Waals surface area contributed by atoms with Gasteiger partial charge < -0.3 is 14.7 Å². The van der Waals surface area contributed by atoms with Crippen LogP contribution in [-0.2, 0) is 11.3 Å². The van der Waals surface area contributed by atoms with Gasteiger partial charge in [0.1, 0.15) is 11.5 Å². The first-order chi connectivity index (χ1) is 13.0. The van der Waals surface area contributed by atoms with Crippen molar-refractivity contribution in [1.82, 2.24) is 20.3 Å². The molecule has 0 aliphatic carbocycles. The number of benzene rings is 1. The number of carbonyl (C=O) groups excluding carboxylic acids is 1. The highest BCUT2D eigenvalue weighted by Gasteiger charge is 2.19. The van der Waals surface area contributed by atoms with Crippen molar-refractivity contribution in [2.45, 2.75) is 32.4 Å². The van der Waals surface area contributed by atoms with Gasteiger partial charge in [-0.15, -0.1) is 0 Å². The molecular weight excluding hydrogens is 347 g/mol. The first kappa shape index (κ1) is 19.5. The Morgan fingerprint density at radius 1 is 1.30 bits per heavy atom. The van der Waals surface area contributed by atoms with Crippen molar-refractivity contribution in [2.24, 2.45) is 0 Å². The molecule has 0 unspecified atom stereocenters. The third-order valence-electron chi connectivity index (χ3n) is 5.12. The van der Waals surface area contributed by atoms with Crippen molar-refractivity contribution >= 4 is 5.91 Å². The lowest BCUT2D eigenvalue weighted by Gasteiger charge is -2.36. The van der Waals surface area contributed by atoms with Crippen LogP contribution in [0.4, 0.5) is 4.39 Å². The van der Waals surface area contributed by atoms with Crippen molar-refractivity contribution in [3.8, 4) is 11.3 Å². The quantitative estimate of drug-likeness (QED) is 0.807. The Morgan fingerprint density at radius 2 is 2.04 bits per heavy atom. The molecule has 3 rings (SSSR count). The van der Waals surface area contributed by atoms with Gasteiger partial charge in [0.25, 0.3) is 0 Å². The van der Waals surface area contributed by atoms with Gasteiger partial charge in [-0.2, -0.15) is 0 Å². The Bertz CT molecular complexity index is 756. The van der Waals surface area contributed by atoms with Crippen LogP contribution in [0.5, 0.6) is 0 Å². The lowest BCUT2D eigenvalue weighted by Crippen LogP contribution is -2.48. The van der Waals surface area contributed by atoms with Gasteiger partial charge in [-0.05, 0) is 32.5 Å². The van der Waals surface area contributed by atoms with E-state index >= 15 is 0 Å². The molecule has 1 aromatic heterocycles. The molecule has 0 bridgehead atoms. The summed E-state index contributed by atoms with van der Waals surface area (Å²) in [6.45, 7) is 6.68. The molecule has 1 aromatic carbocycles. The molecule has 0 spiro atoms. The Kier molecular flexibility index (Phi) is 6.58. The minimum Gasteiger partial charge on any atom is -0.359 e. The Hall–Kier alpha value is -2.25. The predicted molar refractivity (Wildman–Crippen MR) is 102 cm³/mol. The summed E-state index contributed by atoms with van der Waals surface area (Å²) in [6, 6.07) is 8.45. The first-order valence-electron chi connectivity index (χ1n) is 9.42. The van der Waals surface area contributed by atoms with Crippen LogP contribution < -0.4 is 5.32 Å². The minimum atomic E-state index is -0.348. The molecule has 2 aromatic rings. The number of amides is 1. The number of carbonyl (C=O) groups is 1. The maximum atomic E-state index is 13.8. The van der Waals surface area contributed by atoms with E-state index in [9.17, 15) is 9.18 Å². The largest absolute Gasteiger partial charge is 0.359 e. The van der Waals surface area contributed by atoms with Crippen LogP contribution in [0, 0.1) is 5.82 Å². The molecule has 7 heteroatoms. The zero-order chi connectivity index (χ0) is 19.2. The molecular formula is C20H27FN4O2. The zero-order valence-corrected chi connectivity index (χ0v) is 15.9. The second kappa shape index (κ2) is 9.10. The number of hydrogen-bond donors (Lipinski definition) is 1. The topological polar surface area (TPSA) is 61.6 Å². The monoisotopic (exact) mass is 374 g/mol. The fraction of sp³-hybridized carbons (Fsp3) is 0.500. The van der Waals surface area contributed by atoms with Crippen LogP contribution >= 0.6 is 0 Å². The minimum absolute atomic E-state index is 0.0141. The van der Waals surface area contributed by atoms with E-state index in [2.05, 4.69) is 34.2 Å². The van der Waals surface area contributed by atoms with Crippen molar-refractivity contribution in [2.75, 3.05) is 33.2 Å². The highest BCUT2D eigenvalue weighted by molar-refractivity contribution is 5.75. The van der Waals surface area contributed by atoms with Crippen molar-refractivity contribution < 1.29 is 13.7 Å². The number of halogens is 1. The van der Waals surface area contributed by atoms with Crippen LogP contribution in [-0.4, -0.2) is 60.1 Å². The van der Waals surface area contributed by atoms with Gasteiger partial charge in [0.2, 0.25) is 5.91 Å². The van der Waals surface area contributed by atoms with E-state index in [0.717, 1.165) is 32.6 Å². The van der Waals surface area contributed by atoms with Crippen LogP contribution in [0.15, 0.2) is 34.9 Å². The second-order valence-corrected chi connectivity index (χ2v) is 7.16. The van der Waals surface area contributed by atoms with Crippen molar-refractivity contribution in [3.63, 3.8) is 0 Å². The number of aromatic nitrogens is 1. The van der Waals surface area contributed by atoms with Crippen LogP contribution in [0.25, 0.3) is 11.3 Å². The molecule has 0 radical (unpaired) electrons. The van der Waals surface area contributed by atoms with Gasteiger partial charge in [0.15, 0.2) is 5.76 Å². The van der Waals surface area contributed by atoms with Gasteiger partial charge in [-0.3, -0.25) is 9.69 Å². The highest BCUT2D eigenvalue weighted by Crippen LogP contribution is 2.22. The normalized spacial score (nSPS) is 17.0. The summed E-state index contributed by atoms with van der Waals surface area (Å²) in [4.78, 5) is 16.9. The van der Waals surface area contributed by atoms with Crippen molar-refractivity contribution in [3.05, 3.63) is 41.9 Å². The molecule has 2 heterocycles. The highest BCUT2D eigenvalue weighted by atomic mass is 19.1. The summed E-state index contributed by atoms with van der Waals surface area (Å²) in [7, 11) is 2.14. The van der Waals surface area contributed by atoms with Gasteiger partial charge in [0, 0.05) is 50.3 Å². The van der Waals surface area contributed by atoms with Crippen LogP contribution in [0.1, 0.15) is 25.5 Å². The first-order valence-corrected chi connectivity index (χ1v) is 9.42. The third-order valence-corrected chi connectivity index (χ3v) is 5.12. The fourth-order valence-corrected chi connectivity index (χ4v) is 3.25. The van der Waals surface area contributed by atoms with Gasteiger partial charge in [0.05, 0.1) is 6.54 Å². The number of nitrogens with one attached hydrogen (secondary N) is 1. The van der Waals surface area contributed by atoms with E-state index in [1.807, 2.05) is 0 Å². The van der Waals surface area contributed by atoms with E-state index in [0.29, 0.717) is 29.5 Å². The van der Waals surface area contributed by atoms with Crippen LogP contribution in [0.3, 0.4) is 0 Å². The van der Waals surface area contributed by atoms with E-state index in [1.54, 1.807) is 24.3 Å². The molecule has 6 nitrogen and oxygen atoms in total. The van der Waals surface area contributed by atoms with Gasteiger partial charge >= 0.3 is 0 Å². The number of likely N-dealkylation sites (N-methyl/N-ethyl adjacent to an activating group) is 1. The summed E-state index contributed by atoms with van der Waals surface area (Å²) in [5, 5.41) is 6.74. The van der Waals surface area contributed by atoms with E-state index in [4.69, 9.17) is 4.52 Å². The zero-order valence-electron chi connectivity index (χ0n) is 15.9. The number of piperazine rings is 1. The maximum absolute atomic E-state index is 13.8. The number of rotatable bonds is 7. The molecule has 1 aliphatic rings. The average Bonchev–Trinajstić information content (AvgIpc) is 3.14. The van der Waals surface area contributed by atoms with E-state index in [-0.39, 0.29) is 18.3 Å². The van der Waals surface area contributed by atoms with Crippen LogP contribution in [0.2, 0.25) is 0 Å². The Balaban J connectivity index is 1.42. The molecule has 146 valence electrons. The Morgan fingerprint density at radius 3 is 2.78 bits per heavy atom. The lowest BCUT2D eigenvalue weighted by molar-refractivity contribution is -0.121. The van der Waals surface area contributed by atoms with E-state index < -0.39 is 0 Å². The molecule has 27 heavy (non-hydrogen) atoms. The summed E-state index contributed by atoms with van der Waals surface area (Å²) in [5.74, 6) is 0.146. The predicted octanol–water partition coefficient (Wildman–Crippen LogP) is 2.51. The molecule has 0 saturated carbocycles. The lowest BCUT2D eigenvalue weighted by atomic mass is 10.1. The third kappa shape index (κ3) is 5.37. The Labute approximate surface area is 159 Å². The SMILES string of the molecule is C[C@@H](CCC(=O)NCc1cc(-c2ccccc2F)no1)N1CCN(C)CC1. The second-order valence-electron chi connectivity index (χ2n) is 7.16. The van der Waals surface area contributed by atoms with Crippen molar-refractivity contribution in [1.29, 1.82) is 0 Å². The fourth-order valence-electron chi connectivity index (χ4n) is 3.25. The average molecular weight is 374 g/mol. The number of hydrogen-bond acceptors (Lipinski definition) is 5. The standard InChI is InChI=1S/C20H27FN4O2/c1-15(25-11-9-24(2)10-12-25)7-8-20(26)22-14-16-13-19(23-27-16)17-5-3-4-6-18(17)21/h3-6,13,15H,7-12,14H2,1-2H3,(H,22,26)/t15-/m0/s1. The van der Waals surface area contributed by atoms with Gasteiger partial charge in [-0.25, -0.2) is 4.39 Å². The molecule has 1 fully saturated rings. The van der Waals surface area contributed by atoms with Gasteiger partial charge in [-0.1, -0.05) is 17.3 Å². The smallest absolute Gasteiger partial charge is 0.220 e. The summed E-state index contributed by atoms with van der Waals surface area (Å²) < 4.78 is 19.0. The molecule has 1 amide bonds. The summed E-state index contributed by atoms with van der Waals surface area (Å²) in [6.07, 6.45) is 1.30.